The van der Waals surface area contributed by atoms with Crippen LogP contribution in [-0.4, -0.2) is 21.1 Å². The molecule has 0 aliphatic rings. The third-order valence-corrected chi connectivity index (χ3v) is 2.89. The number of ketones is 1. The van der Waals surface area contributed by atoms with Crippen LogP contribution in [0.3, 0.4) is 0 Å². The summed E-state index contributed by atoms with van der Waals surface area (Å²) in [5.74, 6) is -0.450. The highest BCUT2D eigenvalue weighted by Crippen LogP contribution is 2.22. The second kappa shape index (κ2) is 5.65. The number of carbonyl (C=O) groups excluding carboxylic acids is 1. The Bertz CT molecular complexity index is 588. The van der Waals surface area contributed by atoms with Crippen molar-refractivity contribution < 1.29 is 20.1 Å². The SMILES string of the molecule is O=C(c1ccc(CO)cc1)c1ccc(CO)cc1O. The van der Waals surface area contributed by atoms with Crippen molar-refractivity contribution in [3.05, 3.63) is 64.7 Å². The van der Waals surface area contributed by atoms with Crippen LogP contribution in [-0.2, 0) is 13.2 Å². The fourth-order valence-electron chi connectivity index (χ4n) is 1.78. The first kappa shape index (κ1) is 13.3. The van der Waals surface area contributed by atoms with Gasteiger partial charge in [0.05, 0.1) is 18.8 Å². The van der Waals surface area contributed by atoms with Gasteiger partial charge in [-0.1, -0.05) is 30.3 Å². The van der Waals surface area contributed by atoms with Crippen LogP contribution in [0.15, 0.2) is 42.5 Å². The first-order chi connectivity index (χ1) is 9.15. The summed E-state index contributed by atoms with van der Waals surface area (Å²) in [5, 5.41) is 27.7. The van der Waals surface area contributed by atoms with E-state index < -0.39 is 0 Å². The molecule has 0 aliphatic heterocycles. The Morgan fingerprint density at radius 3 is 2.00 bits per heavy atom. The zero-order chi connectivity index (χ0) is 13.8. The zero-order valence-electron chi connectivity index (χ0n) is 10.2. The van der Waals surface area contributed by atoms with Gasteiger partial charge in [0, 0.05) is 5.56 Å². The van der Waals surface area contributed by atoms with Gasteiger partial charge in [-0.3, -0.25) is 4.79 Å². The molecule has 0 bridgehead atoms. The van der Waals surface area contributed by atoms with E-state index in [4.69, 9.17) is 10.2 Å². The summed E-state index contributed by atoms with van der Waals surface area (Å²) in [4.78, 5) is 12.2. The summed E-state index contributed by atoms with van der Waals surface area (Å²) in [7, 11) is 0. The average molecular weight is 258 g/mol. The molecule has 2 rings (SSSR count). The molecule has 0 atom stereocenters. The second-order valence-corrected chi connectivity index (χ2v) is 4.19. The molecule has 0 saturated carbocycles. The highest BCUT2D eigenvalue weighted by atomic mass is 16.3. The van der Waals surface area contributed by atoms with Crippen LogP contribution in [0, 0.1) is 0 Å². The molecule has 0 radical (unpaired) electrons. The van der Waals surface area contributed by atoms with Gasteiger partial charge in [0.25, 0.3) is 0 Å². The van der Waals surface area contributed by atoms with Gasteiger partial charge in [-0.25, -0.2) is 0 Å². The van der Waals surface area contributed by atoms with Crippen molar-refractivity contribution in [2.24, 2.45) is 0 Å². The zero-order valence-corrected chi connectivity index (χ0v) is 10.2. The third-order valence-electron chi connectivity index (χ3n) is 2.89. The first-order valence-electron chi connectivity index (χ1n) is 5.83. The number of hydrogen-bond donors (Lipinski definition) is 3. The molecule has 2 aromatic rings. The predicted molar refractivity (Wildman–Crippen MR) is 69.8 cm³/mol. The molecular formula is C15H14O4. The Morgan fingerprint density at radius 2 is 1.47 bits per heavy atom. The molecule has 98 valence electrons. The van der Waals surface area contributed by atoms with E-state index in [1.165, 1.54) is 12.1 Å². The van der Waals surface area contributed by atoms with E-state index in [0.29, 0.717) is 11.1 Å². The molecule has 0 aromatic heterocycles. The molecular weight excluding hydrogens is 244 g/mol. The summed E-state index contributed by atoms with van der Waals surface area (Å²) in [6.45, 7) is -0.266. The van der Waals surface area contributed by atoms with Crippen molar-refractivity contribution in [3.8, 4) is 5.75 Å². The summed E-state index contributed by atoms with van der Waals surface area (Å²) in [5.41, 5.74) is 1.89. The molecule has 0 aliphatic carbocycles. The number of benzene rings is 2. The Labute approximate surface area is 110 Å². The Hall–Kier alpha value is -2.17. The molecule has 0 saturated heterocycles. The maximum Gasteiger partial charge on any atom is 0.196 e. The third kappa shape index (κ3) is 2.81. The van der Waals surface area contributed by atoms with Crippen LogP contribution in [0.1, 0.15) is 27.0 Å². The summed E-state index contributed by atoms with van der Waals surface area (Å²) in [6.07, 6.45) is 0. The maximum atomic E-state index is 12.2. The topological polar surface area (TPSA) is 77.8 Å². The van der Waals surface area contributed by atoms with Crippen LogP contribution in [0.4, 0.5) is 0 Å². The van der Waals surface area contributed by atoms with Gasteiger partial charge >= 0.3 is 0 Å². The number of aliphatic hydroxyl groups is 2. The van der Waals surface area contributed by atoms with Crippen LogP contribution >= 0.6 is 0 Å². The van der Waals surface area contributed by atoms with Crippen molar-refractivity contribution in [1.29, 1.82) is 0 Å². The Morgan fingerprint density at radius 1 is 0.895 bits per heavy atom. The molecule has 0 heterocycles. The average Bonchev–Trinajstić information content (AvgIpc) is 2.46. The molecule has 4 heteroatoms. The van der Waals surface area contributed by atoms with Crippen molar-refractivity contribution in [2.45, 2.75) is 13.2 Å². The molecule has 0 spiro atoms. The Kier molecular flexibility index (Phi) is 3.94. The largest absolute Gasteiger partial charge is 0.507 e. The fraction of sp³-hybridized carbons (Fsp3) is 0.133. The summed E-state index contributed by atoms with van der Waals surface area (Å²) >= 11 is 0. The normalized spacial score (nSPS) is 10.4. The molecule has 2 aromatic carbocycles. The number of phenols is 1. The van der Waals surface area contributed by atoms with Crippen LogP contribution in [0.25, 0.3) is 0 Å². The summed E-state index contributed by atoms with van der Waals surface area (Å²) in [6, 6.07) is 11.0. The van der Waals surface area contributed by atoms with E-state index in [-0.39, 0.29) is 30.3 Å². The monoisotopic (exact) mass is 258 g/mol. The lowest BCUT2D eigenvalue weighted by Gasteiger charge is -2.06. The minimum Gasteiger partial charge on any atom is -0.507 e. The quantitative estimate of drug-likeness (QED) is 0.728. The van der Waals surface area contributed by atoms with Crippen LogP contribution in [0.5, 0.6) is 5.75 Å². The molecule has 0 amide bonds. The van der Waals surface area contributed by atoms with Crippen LogP contribution < -0.4 is 0 Å². The van der Waals surface area contributed by atoms with Crippen molar-refractivity contribution in [1.82, 2.24) is 0 Å². The van der Waals surface area contributed by atoms with Crippen molar-refractivity contribution in [2.75, 3.05) is 0 Å². The van der Waals surface area contributed by atoms with Gasteiger partial charge < -0.3 is 15.3 Å². The molecule has 3 N–H and O–H groups in total. The minimum absolute atomic E-state index is 0.0785. The fourth-order valence-corrected chi connectivity index (χ4v) is 1.78. The second-order valence-electron chi connectivity index (χ2n) is 4.19. The number of aromatic hydroxyl groups is 1. The van der Waals surface area contributed by atoms with Gasteiger partial charge in [-0.05, 0) is 23.3 Å². The number of phenolic OH excluding ortho intramolecular Hbond substituents is 1. The van der Waals surface area contributed by atoms with E-state index in [1.54, 1.807) is 30.3 Å². The van der Waals surface area contributed by atoms with Gasteiger partial charge in [-0.2, -0.15) is 0 Å². The van der Waals surface area contributed by atoms with Gasteiger partial charge in [-0.15, -0.1) is 0 Å². The van der Waals surface area contributed by atoms with Gasteiger partial charge in [0.2, 0.25) is 0 Å². The standard InChI is InChI=1S/C15H14O4/c16-8-10-1-4-12(5-2-10)15(19)13-6-3-11(9-17)7-14(13)18/h1-7,16-18H,8-9H2. The minimum atomic E-state index is -0.300. The predicted octanol–water partition coefficient (Wildman–Crippen LogP) is 1.61. The van der Waals surface area contributed by atoms with Crippen molar-refractivity contribution in [3.63, 3.8) is 0 Å². The summed E-state index contributed by atoms with van der Waals surface area (Å²) < 4.78 is 0. The lowest BCUT2D eigenvalue weighted by molar-refractivity contribution is 0.103. The lowest BCUT2D eigenvalue weighted by atomic mass is 10.00. The maximum absolute atomic E-state index is 12.2. The first-order valence-corrected chi connectivity index (χ1v) is 5.83. The van der Waals surface area contributed by atoms with E-state index >= 15 is 0 Å². The molecule has 0 fully saturated rings. The highest BCUT2D eigenvalue weighted by molar-refractivity contribution is 6.10. The van der Waals surface area contributed by atoms with E-state index in [9.17, 15) is 9.90 Å². The van der Waals surface area contributed by atoms with Crippen LogP contribution in [0.2, 0.25) is 0 Å². The van der Waals surface area contributed by atoms with Crippen molar-refractivity contribution >= 4 is 5.78 Å². The molecule has 0 unspecified atom stereocenters. The van der Waals surface area contributed by atoms with E-state index in [1.807, 2.05) is 0 Å². The van der Waals surface area contributed by atoms with Gasteiger partial charge in [0.15, 0.2) is 5.78 Å². The van der Waals surface area contributed by atoms with Gasteiger partial charge in [0.1, 0.15) is 5.75 Å². The highest BCUT2D eigenvalue weighted by Gasteiger charge is 2.13. The number of aliphatic hydroxyl groups excluding tert-OH is 2. The molecule has 4 nitrogen and oxygen atoms in total. The Balaban J connectivity index is 2.32. The number of hydrogen-bond acceptors (Lipinski definition) is 4. The number of rotatable bonds is 4. The molecule has 19 heavy (non-hydrogen) atoms. The van der Waals surface area contributed by atoms with E-state index in [0.717, 1.165) is 5.56 Å². The number of carbonyl (C=O) groups is 1. The lowest BCUT2D eigenvalue weighted by Crippen LogP contribution is -2.02. The smallest absolute Gasteiger partial charge is 0.196 e. The van der Waals surface area contributed by atoms with E-state index in [2.05, 4.69) is 0 Å².